The lowest BCUT2D eigenvalue weighted by molar-refractivity contribution is 0.164. The monoisotopic (exact) mass is 114 g/mol. The summed E-state index contributed by atoms with van der Waals surface area (Å²) in [5, 5.41) is 3.00. The first kappa shape index (κ1) is 7.30. The molecule has 0 amide bonds. The van der Waals surface area contributed by atoms with E-state index in [-0.39, 0.29) is 6.73 Å². The quantitative estimate of drug-likeness (QED) is 0.336. The van der Waals surface area contributed by atoms with E-state index in [9.17, 15) is 0 Å². The molecule has 0 aromatic carbocycles. The van der Waals surface area contributed by atoms with Gasteiger partial charge in [-0.1, -0.05) is 12.2 Å². The summed E-state index contributed by atoms with van der Waals surface area (Å²) in [7, 11) is 0. The van der Waals surface area contributed by atoms with Crippen LogP contribution in [0.3, 0.4) is 0 Å². The number of allylic oxidation sites excluding steroid dienone is 1. The van der Waals surface area contributed by atoms with E-state index >= 15 is 0 Å². The van der Waals surface area contributed by atoms with E-state index in [0.717, 1.165) is 0 Å². The SMILES string of the molecule is CC=CCOCN=N. The Kier molecular flexibility index (Phi) is 5.75. The summed E-state index contributed by atoms with van der Waals surface area (Å²) in [5.41, 5.74) is 6.31. The van der Waals surface area contributed by atoms with Crippen molar-refractivity contribution in [1.82, 2.24) is 0 Å². The molecule has 0 saturated carbocycles. The molecule has 0 heterocycles. The third-order valence-electron chi connectivity index (χ3n) is 0.606. The summed E-state index contributed by atoms with van der Waals surface area (Å²) in [4.78, 5) is 0. The van der Waals surface area contributed by atoms with E-state index in [1.165, 1.54) is 0 Å². The van der Waals surface area contributed by atoms with Crippen LogP contribution < -0.4 is 0 Å². The fourth-order valence-electron chi connectivity index (χ4n) is 0.263. The predicted molar refractivity (Wildman–Crippen MR) is 30.8 cm³/mol. The van der Waals surface area contributed by atoms with Crippen molar-refractivity contribution in [3.05, 3.63) is 12.2 Å². The van der Waals surface area contributed by atoms with Crippen molar-refractivity contribution in [2.45, 2.75) is 6.92 Å². The van der Waals surface area contributed by atoms with Crippen molar-refractivity contribution in [3.8, 4) is 0 Å². The van der Waals surface area contributed by atoms with Gasteiger partial charge in [-0.15, -0.1) is 0 Å². The van der Waals surface area contributed by atoms with E-state index in [4.69, 9.17) is 10.3 Å². The van der Waals surface area contributed by atoms with Gasteiger partial charge in [0.05, 0.1) is 6.61 Å². The number of hydrogen-bond acceptors (Lipinski definition) is 3. The van der Waals surface area contributed by atoms with Crippen molar-refractivity contribution in [3.63, 3.8) is 0 Å². The highest BCUT2D eigenvalue weighted by atomic mass is 16.5. The number of rotatable bonds is 4. The van der Waals surface area contributed by atoms with E-state index < -0.39 is 0 Å². The summed E-state index contributed by atoms with van der Waals surface area (Å²) in [6, 6.07) is 0. The Bertz CT molecular complexity index is 80.5. The van der Waals surface area contributed by atoms with Crippen LogP contribution in [-0.2, 0) is 4.74 Å². The second-order valence-electron chi connectivity index (χ2n) is 1.23. The molecule has 0 radical (unpaired) electrons. The van der Waals surface area contributed by atoms with Gasteiger partial charge in [0, 0.05) is 0 Å². The van der Waals surface area contributed by atoms with Crippen molar-refractivity contribution in [1.29, 1.82) is 5.53 Å². The van der Waals surface area contributed by atoms with Gasteiger partial charge in [-0.25, -0.2) is 5.53 Å². The Balaban J connectivity index is 2.82. The molecule has 0 unspecified atom stereocenters. The molecule has 0 rings (SSSR count). The maximum atomic E-state index is 6.31. The maximum Gasteiger partial charge on any atom is 0.158 e. The van der Waals surface area contributed by atoms with Crippen LogP contribution in [0.25, 0.3) is 0 Å². The molecular weight excluding hydrogens is 104 g/mol. The first-order valence-corrected chi connectivity index (χ1v) is 2.44. The van der Waals surface area contributed by atoms with Gasteiger partial charge in [-0.05, 0) is 6.92 Å². The first-order chi connectivity index (χ1) is 3.91. The molecule has 0 atom stereocenters. The van der Waals surface area contributed by atoms with Crippen molar-refractivity contribution in [2.24, 2.45) is 5.11 Å². The van der Waals surface area contributed by atoms with E-state index in [2.05, 4.69) is 5.11 Å². The number of ether oxygens (including phenoxy) is 1. The summed E-state index contributed by atoms with van der Waals surface area (Å²) >= 11 is 0. The normalized spacial score (nSPS) is 10.1. The molecule has 46 valence electrons. The molecule has 0 saturated heterocycles. The molecule has 0 aliphatic carbocycles. The van der Waals surface area contributed by atoms with Crippen LogP contribution in [-0.4, -0.2) is 13.3 Å². The van der Waals surface area contributed by atoms with Gasteiger partial charge in [0.2, 0.25) is 0 Å². The topological polar surface area (TPSA) is 45.4 Å². The Morgan fingerprint density at radius 2 is 2.50 bits per heavy atom. The highest BCUT2D eigenvalue weighted by Gasteiger charge is 1.74. The Morgan fingerprint density at radius 3 is 3.00 bits per heavy atom. The lowest BCUT2D eigenvalue weighted by atomic mass is 10.6. The van der Waals surface area contributed by atoms with Crippen LogP contribution in [0.1, 0.15) is 6.92 Å². The van der Waals surface area contributed by atoms with Crippen LogP contribution in [0.4, 0.5) is 0 Å². The van der Waals surface area contributed by atoms with Gasteiger partial charge >= 0.3 is 0 Å². The Hall–Kier alpha value is -0.700. The molecule has 3 heteroatoms. The van der Waals surface area contributed by atoms with Crippen molar-refractivity contribution in [2.75, 3.05) is 13.3 Å². The zero-order valence-corrected chi connectivity index (χ0v) is 4.92. The fourth-order valence-corrected chi connectivity index (χ4v) is 0.263. The number of nitrogens with one attached hydrogen (secondary N) is 1. The molecule has 0 aliphatic rings. The average Bonchev–Trinajstić information content (AvgIpc) is 1.81. The molecule has 0 aromatic heterocycles. The number of nitrogens with zero attached hydrogens (tertiary/aromatic N) is 1. The third kappa shape index (κ3) is 5.30. The summed E-state index contributed by atoms with van der Waals surface area (Å²) in [5.74, 6) is 0. The van der Waals surface area contributed by atoms with Gasteiger partial charge in [0.15, 0.2) is 6.73 Å². The third-order valence-corrected chi connectivity index (χ3v) is 0.606. The van der Waals surface area contributed by atoms with Gasteiger partial charge < -0.3 is 4.74 Å². The highest BCUT2D eigenvalue weighted by Crippen LogP contribution is 1.76. The lowest BCUT2D eigenvalue weighted by Crippen LogP contribution is -1.88. The second kappa shape index (κ2) is 6.30. The van der Waals surface area contributed by atoms with Gasteiger partial charge in [-0.3, -0.25) is 0 Å². The Labute approximate surface area is 48.9 Å². The molecule has 0 aliphatic heterocycles. The molecule has 0 bridgehead atoms. The van der Waals surface area contributed by atoms with Crippen LogP contribution in [0.15, 0.2) is 17.3 Å². The molecule has 0 spiro atoms. The van der Waals surface area contributed by atoms with Crippen molar-refractivity contribution >= 4 is 0 Å². The first-order valence-electron chi connectivity index (χ1n) is 2.44. The predicted octanol–water partition coefficient (Wildman–Crippen LogP) is 1.57. The number of hydrogen-bond donors (Lipinski definition) is 1. The van der Waals surface area contributed by atoms with Gasteiger partial charge in [0.25, 0.3) is 0 Å². The summed E-state index contributed by atoms with van der Waals surface area (Å²) in [6.07, 6.45) is 3.76. The molecule has 8 heavy (non-hydrogen) atoms. The fraction of sp³-hybridized carbons (Fsp3) is 0.600. The van der Waals surface area contributed by atoms with Crippen LogP contribution >= 0.6 is 0 Å². The minimum absolute atomic E-state index is 0.171. The van der Waals surface area contributed by atoms with Crippen LogP contribution in [0, 0.1) is 5.53 Å². The van der Waals surface area contributed by atoms with E-state index in [1.807, 2.05) is 19.1 Å². The smallest absolute Gasteiger partial charge is 0.158 e. The summed E-state index contributed by atoms with van der Waals surface area (Å²) in [6.45, 7) is 2.64. The standard InChI is InChI=1S/C5H10N2O/c1-2-3-4-8-5-7-6/h2-3,6H,4-5H2,1H3. The second-order valence-corrected chi connectivity index (χ2v) is 1.23. The Morgan fingerprint density at radius 1 is 1.75 bits per heavy atom. The molecule has 0 fully saturated rings. The zero-order chi connectivity index (χ0) is 6.24. The molecule has 1 N–H and O–H groups in total. The molecule has 3 nitrogen and oxygen atoms in total. The maximum absolute atomic E-state index is 6.31. The average molecular weight is 114 g/mol. The zero-order valence-electron chi connectivity index (χ0n) is 4.92. The molecular formula is C5H10N2O. The highest BCUT2D eigenvalue weighted by molar-refractivity contribution is 4.75. The lowest BCUT2D eigenvalue weighted by Gasteiger charge is -1.89. The molecule has 0 aromatic rings. The van der Waals surface area contributed by atoms with Gasteiger partial charge in [0.1, 0.15) is 0 Å². The largest absolute Gasteiger partial charge is 0.353 e. The van der Waals surface area contributed by atoms with Crippen LogP contribution in [0.2, 0.25) is 0 Å². The van der Waals surface area contributed by atoms with E-state index in [0.29, 0.717) is 6.61 Å². The minimum atomic E-state index is 0.171. The van der Waals surface area contributed by atoms with E-state index in [1.54, 1.807) is 0 Å². The van der Waals surface area contributed by atoms with Gasteiger partial charge in [-0.2, -0.15) is 5.11 Å². The summed E-state index contributed by atoms with van der Waals surface area (Å²) < 4.78 is 4.78. The van der Waals surface area contributed by atoms with Crippen molar-refractivity contribution < 1.29 is 4.74 Å². The van der Waals surface area contributed by atoms with Crippen LogP contribution in [0.5, 0.6) is 0 Å². The minimum Gasteiger partial charge on any atom is -0.353 e.